The van der Waals surface area contributed by atoms with E-state index in [2.05, 4.69) is 5.32 Å². The number of benzene rings is 2. The molecule has 0 spiro atoms. The second kappa shape index (κ2) is 3.92. The van der Waals surface area contributed by atoms with Gasteiger partial charge in [0.05, 0.1) is 5.69 Å². The molecule has 0 saturated heterocycles. The first kappa shape index (κ1) is 9.40. The highest BCUT2D eigenvalue weighted by molar-refractivity contribution is 5.66. The number of phenolic OH excluding ortho intramolecular Hbond substituents is 1. The van der Waals surface area contributed by atoms with Crippen molar-refractivity contribution in [3.63, 3.8) is 0 Å². The SMILES string of the molecule is Nc1ccc(Nc2ccccc2O)cc1. The Hall–Kier alpha value is -2.16. The summed E-state index contributed by atoms with van der Waals surface area (Å²) in [5.74, 6) is 0.231. The molecule has 0 aliphatic carbocycles. The molecule has 0 radical (unpaired) electrons. The molecular formula is C12H12N2O. The van der Waals surface area contributed by atoms with Gasteiger partial charge in [-0.1, -0.05) is 12.1 Å². The lowest BCUT2D eigenvalue weighted by Gasteiger charge is -2.07. The highest BCUT2D eigenvalue weighted by Crippen LogP contribution is 2.25. The van der Waals surface area contributed by atoms with E-state index in [1.165, 1.54) is 0 Å². The molecule has 0 fully saturated rings. The van der Waals surface area contributed by atoms with Gasteiger partial charge in [0, 0.05) is 11.4 Å². The Bertz CT molecular complexity index is 451. The second-order valence-electron chi connectivity index (χ2n) is 3.26. The van der Waals surface area contributed by atoms with Gasteiger partial charge < -0.3 is 16.2 Å². The Morgan fingerprint density at radius 1 is 0.933 bits per heavy atom. The van der Waals surface area contributed by atoms with Crippen molar-refractivity contribution >= 4 is 17.1 Å². The first-order valence-electron chi connectivity index (χ1n) is 4.66. The van der Waals surface area contributed by atoms with Crippen molar-refractivity contribution in [3.05, 3.63) is 48.5 Å². The van der Waals surface area contributed by atoms with Gasteiger partial charge in [-0.2, -0.15) is 0 Å². The van der Waals surface area contributed by atoms with E-state index in [1.807, 2.05) is 36.4 Å². The summed E-state index contributed by atoms with van der Waals surface area (Å²) in [5.41, 5.74) is 7.87. The zero-order chi connectivity index (χ0) is 10.7. The quantitative estimate of drug-likeness (QED) is 0.516. The number of nitrogen functional groups attached to an aromatic ring is 1. The normalized spacial score (nSPS) is 9.87. The first-order chi connectivity index (χ1) is 7.25. The number of nitrogens with two attached hydrogens (primary N) is 1. The van der Waals surface area contributed by atoms with Gasteiger partial charge in [-0.15, -0.1) is 0 Å². The highest BCUT2D eigenvalue weighted by Gasteiger charge is 1.98. The summed E-state index contributed by atoms with van der Waals surface area (Å²) < 4.78 is 0. The number of para-hydroxylation sites is 2. The molecule has 4 N–H and O–H groups in total. The maximum Gasteiger partial charge on any atom is 0.139 e. The lowest BCUT2D eigenvalue weighted by Crippen LogP contribution is -1.91. The first-order valence-corrected chi connectivity index (χ1v) is 4.66. The third kappa shape index (κ3) is 2.20. The third-order valence-corrected chi connectivity index (χ3v) is 2.09. The molecule has 0 saturated carbocycles. The topological polar surface area (TPSA) is 58.3 Å². The van der Waals surface area contributed by atoms with Crippen LogP contribution in [0.4, 0.5) is 17.1 Å². The van der Waals surface area contributed by atoms with E-state index in [-0.39, 0.29) is 5.75 Å². The summed E-state index contributed by atoms with van der Waals surface area (Å²) in [6.45, 7) is 0. The number of anilines is 3. The van der Waals surface area contributed by atoms with E-state index in [9.17, 15) is 5.11 Å². The van der Waals surface area contributed by atoms with E-state index in [1.54, 1.807) is 12.1 Å². The van der Waals surface area contributed by atoms with Gasteiger partial charge in [-0.3, -0.25) is 0 Å². The van der Waals surface area contributed by atoms with Crippen LogP contribution in [0.3, 0.4) is 0 Å². The molecule has 0 aliphatic rings. The van der Waals surface area contributed by atoms with Crippen LogP contribution in [0, 0.1) is 0 Å². The summed E-state index contributed by atoms with van der Waals surface area (Å²) in [6, 6.07) is 14.4. The van der Waals surface area contributed by atoms with Gasteiger partial charge in [0.25, 0.3) is 0 Å². The van der Waals surface area contributed by atoms with Crippen LogP contribution in [0.1, 0.15) is 0 Å². The van der Waals surface area contributed by atoms with Crippen molar-refractivity contribution in [3.8, 4) is 5.75 Å². The fourth-order valence-corrected chi connectivity index (χ4v) is 1.30. The minimum Gasteiger partial charge on any atom is -0.506 e. The lowest BCUT2D eigenvalue weighted by atomic mass is 10.2. The Balaban J connectivity index is 2.22. The number of hydrogen-bond donors (Lipinski definition) is 3. The maximum absolute atomic E-state index is 9.54. The van der Waals surface area contributed by atoms with E-state index >= 15 is 0 Å². The number of aromatic hydroxyl groups is 1. The molecule has 0 heterocycles. The highest BCUT2D eigenvalue weighted by atomic mass is 16.3. The van der Waals surface area contributed by atoms with Crippen LogP contribution in [0.2, 0.25) is 0 Å². The molecule has 0 unspecified atom stereocenters. The van der Waals surface area contributed by atoms with Gasteiger partial charge in [0.1, 0.15) is 5.75 Å². The number of rotatable bonds is 2. The Kier molecular flexibility index (Phi) is 2.46. The molecule has 0 aliphatic heterocycles. The number of hydrogen-bond acceptors (Lipinski definition) is 3. The molecule has 15 heavy (non-hydrogen) atoms. The molecule has 76 valence electrons. The van der Waals surface area contributed by atoms with Crippen molar-refractivity contribution < 1.29 is 5.11 Å². The molecule has 2 rings (SSSR count). The van der Waals surface area contributed by atoms with E-state index in [0.717, 1.165) is 11.4 Å². The minimum absolute atomic E-state index is 0.231. The van der Waals surface area contributed by atoms with Crippen LogP contribution in [0.25, 0.3) is 0 Å². The summed E-state index contributed by atoms with van der Waals surface area (Å²) in [6.07, 6.45) is 0. The molecule has 3 nitrogen and oxygen atoms in total. The second-order valence-corrected chi connectivity index (χ2v) is 3.26. The minimum atomic E-state index is 0.231. The summed E-state index contributed by atoms with van der Waals surface area (Å²) >= 11 is 0. The molecule has 0 aromatic heterocycles. The zero-order valence-corrected chi connectivity index (χ0v) is 8.14. The van der Waals surface area contributed by atoms with Crippen LogP contribution < -0.4 is 11.1 Å². The fraction of sp³-hybridized carbons (Fsp3) is 0. The average Bonchev–Trinajstić information content (AvgIpc) is 2.25. The van der Waals surface area contributed by atoms with Crippen molar-refractivity contribution in [1.82, 2.24) is 0 Å². The van der Waals surface area contributed by atoms with E-state index < -0.39 is 0 Å². The van der Waals surface area contributed by atoms with Gasteiger partial charge in [0.15, 0.2) is 0 Å². The smallest absolute Gasteiger partial charge is 0.139 e. The Morgan fingerprint density at radius 3 is 2.27 bits per heavy atom. The van der Waals surface area contributed by atoms with Gasteiger partial charge in [0.2, 0.25) is 0 Å². The largest absolute Gasteiger partial charge is 0.506 e. The van der Waals surface area contributed by atoms with Crippen LogP contribution in [0.15, 0.2) is 48.5 Å². The van der Waals surface area contributed by atoms with Crippen LogP contribution in [-0.4, -0.2) is 5.11 Å². The Labute approximate surface area is 88.2 Å². The van der Waals surface area contributed by atoms with Gasteiger partial charge >= 0.3 is 0 Å². The average molecular weight is 200 g/mol. The number of nitrogens with one attached hydrogen (secondary N) is 1. The fourth-order valence-electron chi connectivity index (χ4n) is 1.30. The molecular weight excluding hydrogens is 188 g/mol. The lowest BCUT2D eigenvalue weighted by molar-refractivity contribution is 0.478. The van der Waals surface area contributed by atoms with E-state index in [0.29, 0.717) is 5.69 Å². The van der Waals surface area contributed by atoms with Gasteiger partial charge in [-0.05, 0) is 36.4 Å². The molecule has 2 aromatic rings. The van der Waals surface area contributed by atoms with Crippen LogP contribution in [0.5, 0.6) is 5.75 Å². The van der Waals surface area contributed by atoms with Crippen LogP contribution in [-0.2, 0) is 0 Å². The number of phenols is 1. The van der Waals surface area contributed by atoms with Crippen molar-refractivity contribution in [2.24, 2.45) is 0 Å². The molecule has 0 bridgehead atoms. The van der Waals surface area contributed by atoms with Gasteiger partial charge in [-0.25, -0.2) is 0 Å². The van der Waals surface area contributed by atoms with Crippen LogP contribution >= 0.6 is 0 Å². The summed E-state index contributed by atoms with van der Waals surface area (Å²) in [7, 11) is 0. The zero-order valence-electron chi connectivity index (χ0n) is 8.14. The van der Waals surface area contributed by atoms with E-state index in [4.69, 9.17) is 5.73 Å². The Morgan fingerprint density at radius 2 is 1.60 bits per heavy atom. The summed E-state index contributed by atoms with van der Waals surface area (Å²) in [4.78, 5) is 0. The predicted molar refractivity (Wildman–Crippen MR) is 62.2 cm³/mol. The molecule has 0 amide bonds. The molecule has 3 heteroatoms. The molecule has 2 aromatic carbocycles. The van der Waals surface area contributed by atoms with Crippen molar-refractivity contribution in [2.45, 2.75) is 0 Å². The standard InChI is InChI=1S/C12H12N2O/c13-9-5-7-10(8-6-9)14-11-3-1-2-4-12(11)15/h1-8,14-15H,13H2. The third-order valence-electron chi connectivity index (χ3n) is 2.09. The van der Waals surface area contributed by atoms with Crippen molar-refractivity contribution in [2.75, 3.05) is 11.1 Å². The maximum atomic E-state index is 9.54. The molecule has 0 atom stereocenters. The summed E-state index contributed by atoms with van der Waals surface area (Å²) in [5, 5.41) is 12.6. The predicted octanol–water partition coefficient (Wildman–Crippen LogP) is 2.72. The monoisotopic (exact) mass is 200 g/mol. The van der Waals surface area contributed by atoms with Crippen molar-refractivity contribution in [1.29, 1.82) is 0 Å².